The molecule has 5 rings (SSSR count). The predicted molar refractivity (Wildman–Crippen MR) is 106 cm³/mol. The Balaban J connectivity index is 1.77. The monoisotopic (exact) mass is 390 g/mol. The molecule has 2 aromatic carbocycles. The summed E-state index contributed by atoms with van der Waals surface area (Å²) in [6.07, 6.45) is 1.90. The summed E-state index contributed by atoms with van der Waals surface area (Å²) in [5.41, 5.74) is 1.30. The Bertz CT molecular complexity index is 1270. The van der Waals surface area contributed by atoms with E-state index in [2.05, 4.69) is 0 Å². The molecule has 2 aliphatic heterocycles. The third-order valence-electron chi connectivity index (χ3n) is 5.29. The molecule has 0 amide bonds. The lowest BCUT2D eigenvalue weighted by Crippen LogP contribution is -2.41. The van der Waals surface area contributed by atoms with Crippen molar-refractivity contribution in [3.05, 3.63) is 92.1 Å². The summed E-state index contributed by atoms with van der Waals surface area (Å²) in [7, 11) is 3.07. The van der Waals surface area contributed by atoms with E-state index in [0.717, 1.165) is 15.7 Å². The maximum absolute atomic E-state index is 13.0. The zero-order valence-electron chi connectivity index (χ0n) is 15.9. The number of aromatic nitrogens is 2. The number of benzene rings is 2. The van der Waals surface area contributed by atoms with Crippen molar-refractivity contribution in [1.29, 1.82) is 0 Å². The van der Waals surface area contributed by atoms with Gasteiger partial charge in [0, 0.05) is 25.6 Å². The first kappa shape index (κ1) is 17.4. The third-order valence-corrected chi connectivity index (χ3v) is 5.29. The first-order valence-corrected chi connectivity index (χ1v) is 9.19. The highest BCUT2D eigenvalue weighted by molar-refractivity contribution is 5.67. The quantitative estimate of drug-likeness (QED) is 0.672. The van der Waals surface area contributed by atoms with Gasteiger partial charge in [-0.3, -0.25) is 13.9 Å². The van der Waals surface area contributed by atoms with Gasteiger partial charge in [0.15, 0.2) is 11.5 Å². The summed E-state index contributed by atoms with van der Waals surface area (Å²) in [5, 5.41) is 0. The van der Waals surface area contributed by atoms with E-state index < -0.39 is 11.6 Å². The molecule has 0 unspecified atom stereocenters. The first-order valence-electron chi connectivity index (χ1n) is 9.19. The van der Waals surface area contributed by atoms with Gasteiger partial charge in [0.25, 0.3) is 5.56 Å². The average molecular weight is 390 g/mol. The second kappa shape index (κ2) is 6.41. The van der Waals surface area contributed by atoms with Crippen molar-refractivity contribution in [3.63, 3.8) is 0 Å². The second-order valence-electron chi connectivity index (χ2n) is 7.01. The molecule has 7 heteroatoms. The van der Waals surface area contributed by atoms with Gasteiger partial charge >= 0.3 is 5.69 Å². The van der Waals surface area contributed by atoms with E-state index in [9.17, 15) is 9.59 Å². The summed E-state index contributed by atoms with van der Waals surface area (Å²) in [5.74, 6) is 1.73. The normalized spacial score (nSPS) is 16.8. The van der Waals surface area contributed by atoms with Crippen LogP contribution in [0.2, 0.25) is 0 Å². The minimum Gasteiger partial charge on any atom is -0.454 e. The number of fused-ring (bicyclic) bond motifs is 2. The Hall–Kier alpha value is -3.74. The summed E-state index contributed by atoms with van der Waals surface area (Å²) < 4.78 is 19.5. The van der Waals surface area contributed by atoms with Crippen LogP contribution >= 0.6 is 0 Å². The van der Waals surface area contributed by atoms with Gasteiger partial charge in [-0.1, -0.05) is 36.4 Å². The van der Waals surface area contributed by atoms with Crippen molar-refractivity contribution in [3.8, 4) is 17.4 Å². The molecule has 0 fully saturated rings. The molecule has 0 bridgehead atoms. The molecular weight excluding hydrogens is 372 g/mol. The number of hydrogen-bond donors (Lipinski definition) is 0. The van der Waals surface area contributed by atoms with E-state index >= 15 is 0 Å². The van der Waals surface area contributed by atoms with Crippen LogP contribution in [0.4, 0.5) is 0 Å². The molecule has 7 nitrogen and oxygen atoms in total. The predicted octanol–water partition coefficient (Wildman–Crippen LogP) is 2.38. The van der Waals surface area contributed by atoms with Crippen molar-refractivity contribution < 1.29 is 14.2 Å². The highest BCUT2D eigenvalue weighted by Gasteiger charge is 2.31. The van der Waals surface area contributed by atoms with Crippen LogP contribution < -0.4 is 25.5 Å². The number of ether oxygens (including phenoxy) is 3. The Labute approximate surface area is 166 Å². The Morgan fingerprint density at radius 2 is 1.69 bits per heavy atom. The lowest BCUT2D eigenvalue weighted by atomic mass is 9.89. The van der Waals surface area contributed by atoms with Gasteiger partial charge in [-0.2, -0.15) is 0 Å². The molecule has 1 atom stereocenters. The Morgan fingerprint density at radius 3 is 2.48 bits per heavy atom. The van der Waals surface area contributed by atoms with E-state index in [-0.39, 0.29) is 18.2 Å². The van der Waals surface area contributed by atoms with Gasteiger partial charge in [-0.15, -0.1) is 0 Å². The Kier molecular flexibility index (Phi) is 3.84. The smallest absolute Gasteiger partial charge is 0.333 e. The van der Waals surface area contributed by atoms with Crippen LogP contribution in [-0.2, 0) is 14.1 Å². The molecule has 146 valence electrons. The van der Waals surface area contributed by atoms with Crippen LogP contribution in [-0.4, -0.2) is 15.9 Å². The van der Waals surface area contributed by atoms with Crippen LogP contribution in [0.25, 0.3) is 5.76 Å². The van der Waals surface area contributed by atoms with E-state index in [1.807, 2.05) is 54.6 Å². The number of rotatable bonds is 2. The van der Waals surface area contributed by atoms with Crippen molar-refractivity contribution in [2.75, 3.05) is 6.79 Å². The third kappa shape index (κ3) is 2.66. The molecule has 0 radical (unpaired) electrons. The molecule has 0 spiro atoms. The highest BCUT2D eigenvalue weighted by Crippen LogP contribution is 2.41. The molecule has 3 heterocycles. The fourth-order valence-corrected chi connectivity index (χ4v) is 3.74. The van der Waals surface area contributed by atoms with E-state index in [1.54, 1.807) is 7.05 Å². The summed E-state index contributed by atoms with van der Waals surface area (Å²) in [4.78, 5) is 25.5. The minimum absolute atomic E-state index is 0.171. The van der Waals surface area contributed by atoms with Crippen LogP contribution in [0.15, 0.2) is 64.2 Å². The molecule has 3 aromatic rings. The lowest BCUT2D eigenvalue weighted by molar-refractivity contribution is 0.174. The van der Waals surface area contributed by atoms with Gasteiger partial charge < -0.3 is 14.2 Å². The molecule has 0 saturated carbocycles. The van der Waals surface area contributed by atoms with Crippen molar-refractivity contribution in [2.45, 2.75) is 5.92 Å². The van der Waals surface area contributed by atoms with Crippen molar-refractivity contribution in [1.82, 2.24) is 9.13 Å². The summed E-state index contributed by atoms with van der Waals surface area (Å²) in [6.45, 7) is 0.171. The van der Waals surface area contributed by atoms with Crippen molar-refractivity contribution >= 4 is 5.76 Å². The lowest BCUT2D eigenvalue weighted by Gasteiger charge is -2.26. The topological polar surface area (TPSA) is 71.7 Å². The van der Waals surface area contributed by atoms with Crippen LogP contribution in [0.5, 0.6) is 17.4 Å². The zero-order chi connectivity index (χ0) is 20.1. The standard InChI is InChI=1S/C22H18N2O5/c1-23-20(25)19-15(14-8-9-16-18(10-14)28-12-27-16)11-17(13-6-4-3-5-7-13)29-21(19)24(2)22(23)26/h3-11,15H,12H2,1-2H3/t15-/m1/s1. The van der Waals surface area contributed by atoms with Gasteiger partial charge in [0.2, 0.25) is 12.7 Å². The molecule has 1 aromatic heterocycles. The average Bonchev–Trinajstić information content (AvgIpc) is 3.24. The first-order chi connectivity index (χ1) is 14.0. The molecule has 0 aliphatic carbocycles. The highest BCUT2D eigenvalue weighted by atomic mass is 16.7. The summed E-state index contributed by atoms with van der Waals surface area (Å²) >= 11 is 0. The van der Waals surface area contributed by atoms with E-state index in [4.69, 9.17) is 14.2 Å². The van der Waals surface area contributed by atoms with Crippen LogP contribution in [0.3, 0.4) is 0 Å². The Morgan fingerprint density at radius 1 is 0.931 bits per heavy atom. The van der Waals surface area contributed by atoms with Crippen molar-refractivity contribution in [2.24, 2.45) is 14.1 Å². The van der Waals surface area contributed by atoms with E-state index in [0.29, 0.717) is 22.8 Å². The molecule has 0 saturated heterocycles. The summed E-state index contributed by atoms with van der Waals surface area (Å²) in [6, 6.07) is 15.2. The fourth-order valence-electron chi connectivity index (χ4n) is 3.74. The van der Waals surface area contributed by atoms with Gasteiger partial charge in [0.1, 0.15) is 5.76 Å². The largest absolute Gasteiger partial charge is 0.454 e. The van der Waals surface area contributed by atoms with E-state index in [1.165, 1.54) is 11.6 Å². The second-order valence-corrected chi connectivity index (χ2v) is 7.01. The van der Waals surface area contributed by atoms with Gasteiger partial charge in [-0.25, -0.2) is 4.79 Å². The number of hydrogen-bond acceptors (Lipinski definition) is 5. The van der Waals surface area contributed by atoms with Gasteiger partial charge in [-0.05, 0) is 23.8 Å². The molecule has 29 heavy (non-hydrogen) atoms. The fraction of sp³-hybridized carbons (Fsp3) is 0.182. The van der Waals surface area contributed by atoms with Crippen LogP contribution in [0, 0.1) is 0 Å². The maximum atomic E-state index is 13.0. The maximum Gasteiger partial charge on any atom is 0.333 e. The zero-order valence-corrected chi connectivity index (χ0v) is 15.9. The number of allylic oxidation sites excluding steroid dienone is 1. The molecule has 0 N–H and O–H groups in total. The number of nitrogens with zero attached hydrogens (tertiary/aromatic N) is 2. The molecule has 2 aliphatic rings. The van der Waals surface area contributed by atoms with Gasteiger partial charge in [0.05, 0.1) is 5.56 Å². The SMILES string of the molecule is Cn1c2c(c(=O)n(C)c1=O)[C@@H](c1ccc3c(c1)OCO3)C=C(c1ccccc1)O2. The minimum atomic E-state index is -0.438. The molecular formula is C22H18N2O5. The van der Waals surface area contributed by atoms with Crippen LogP contribution in [0.1, 0.15) is 22.6 Å².